The summed E-state index contributed by atoms with van der Waals surface area (Å²) in [5.74, 6) is 0.756. The van der Waals surface area contributed by atoms with E-state index in [0.29, 0.717) is 40.6 Å². The Labute approximate surface area is 219 Å². The summed E-state index contributed by atoms with van der Waals surface area (Å²) < 4.78 is 41.9. The molecule has 0 radical (unpaired) electrons. The van der Waals surface area contributed by atoms with Crippen LogP contribution in [0.15, 0.2) is 70.6 Å². The number of methoxy groups -OCH3 is 2. The van der Waals surface area contributed by atoms with Gasteiger partial charge in [0.25, 0.3) is 15.9 Å². The van der Waals surface area contributed by atoms with Crippen molar-refractivity contribution in [3.63, 3.8) is 0 Å². The Hall–Kier alpha value is -3.63. The van der Waals surface area contributed by atoms with E-state index in [0.717, 1.165) is 28.6 Å². The number of anilines is 1. The van der Waals surface area contributed by atoms with E-state index >= 15 is 0 Å². The van der Waals surface area contributed by atoms with Crippen molar-refractivity contribution in [1.29, 1.82) is 0 Å². The number of carbonyl (C=O) groups excluding carboxylic acids is 1. The van der Waals surface area contributed by atoms with Crippen molar-refractivity contribution in [1.82, 2.24) is 4.57 Å². The fourth-order valence-corrected chi connectivity index (χ4v) is 7.23. The van der Waals surface area contributed by atoms with Gasteiger partial charge >= 0.3 is 0 Å². The molecule has 1 aliphatic rings. The molecule has 37 heavy (non-hydrogen) atoms. The van der Waals surface area contributed by atoms with Crippen LogP contribution in [0.5, 0.6) is 11.5 Å². The summed E-state index contributed by atoms with van der Waals surface area (Å²) >= 11 is 1.38. The molecule has 5 rings (SSSR count). The van der Waals surface area contributed by atoms with Crippen LogP contribution in [0.4, 0.5) is 5.69 Å². The highest BCUT2D eigenvalue weighted by atomic mass is 32.2. The third-order valence-corrected chi connectivity index (χ3v) is 9.33. The van der Waals surface area contributed by atoms with Gasteiger partial charge in [0, 0.05) is 30.8 Å². The Morgan fingerprint density at radius 2 is 1.73 bits per heavy atom. The maximum Gasteiger partial charge on any atom is 0.279 e. The number of nitrogens with zero attached hydrogens (tertiary/aromatic N) is 3. The first kappa shape index (κ1) is 25.0. The smallest absolute Gasteiger partial charge is 0.279 e. The van der Waals surface area contributed by atoms with Crippen LogP contribution in [0.2, 0.25) is 0 Å². The number of amides is 1. The number of rotatable bonds is 6. The predicted molar refractivity (Wildman–Crippen MR) is 144 cm³/mol. The lowest BCUT2D eigenvalue weighted by Crippen LogP contribution is -2.35. The van der Waals surface area contributed by atoms with Gasteiger partial charge in [0.15, 0.2) is 16.3 Å². The van der Waals surface area contributed by atoms with Gasteiger partial charge in [-0.15, -0.1) is 0 Å². The van der Waals surface area contributed by atoms with Crippen molar-refractivity contribution in [2.24, 2.45) is 4.99 Å². The molecule has 0 spiro atoms. The van der Waals surface area contributed by atoms with Gasteiger partial charge < -0.3 is 14.0 Å². The third kappa shape index (κ3) is 4.51. The van der Waals surface area contributed by atoms with Crippen molar-refractivity contribution >= 4 is 43.2 Å². The minimum atomic E-state index is -3.75. The zero-order chi connectivity index (χ0) is 26.2. The quantitative estimate of drug-likeness (QED) is 0.358. The summed E-state index contributed by atoms with van der Waals surface area (Å²) in [4.78, 5) is 18.1. The molecule has 0 fully saturated rings. The molecule has 2 heterocycles. The van der Waals surface area contributed by atoms with Crippen molar-refractivity contribution < 1.29 is 22.7 Å². The Morgan fingerprint density at radius 1 is 1.03 bits per heavy atom. The van der Waals surface area contributed by atoms with Crippen molar-refractivity contribution in [2.75, 3.05) is 25.1 Å². The first-order valence-electron chi connectivity index (χ1n) is 11.9. The molecule has 0 saturated heterocycles. The summed E-state index contributed by atoms with van der Waals surface area (Å²) in [5.41, 5.74) is 2.94. The fourth-order valence-electron chi connectivity index (χ4n) is 4.58. The molecule has 0 N–H and O–H groups in total. The summed E-state index contributed by atoms with van der Waals surface area (Å²) in [6.07, 6.45) is 1.61. The van der Waals surface area contributed by atoms with Gasteiger partial charge in [-0.25, -0.2) is 8.42 Å². The monoisotopic (exact) mass is 537 g/mol. The number of aryl methyl sites for hydroxylation is 2. The Kier molecular flexibility index (Phi) is 6.78. The highest BCUT2D eigenvalue weighted by Crippen LogP contribution is 2.34. The Balaban J connectivity index is 1.47. The SMILES string of the molecule is CCn1c(=NC(=O)c2ccc(S(=O)(=O)N3CCCc4ccccc43)cc2)sc2cc(OC)c(OC)cc21. The van der Waals surface area contributed by atoms with Crippen LogP contribution in [0, 0.1) is 0 Å². The van der Waals surface area contributed by atoms with E-state index in [-0.39, 0.29) is 4.90 Å². The molecule has 0 bridgehead atoms. The van der Waals surface area contributed by atoms with Crippen LogP contribution in [0.25, 0.3) is 10.2 Å². The second-order valence-electron chi connectivity index (χ2n) is 8.55. The standard InChI is InChI=1S/C27H27N3O5S2/c1-4-29-22-16-23(34-2)24(35-3)17-25(22)36-27(29)28-26(31)19-11-13-20(14-12-19)37(32,33)30-15-7-9-18-8-5-6-10-21(18)30/h5-6,8,10-14,16-17H,4,7,9,15H2,1-3H3. The number of benzene rings is 3. The molecular formula is C27H27N3O5S2. The lowest BCUT2D eigenvalue weighted by Gasteiger charge is -2.30. The van der Waals surface area contributed by atoms with Gasteiger partial charge in [-0.3, -0.25) is 9.10 Å². The normalized spacial score (nSPS) is 14.0. The van der Waals surface area contributed by atoms with E-state index in [9.17, 15) is 13.2 Å². The summed E-state index contributed by atoms with van der Waals surface area (Å²) in [5, 5.41) is 0. The topological polar surface area (TPSA) is 90.2 Å². The van der Waals surface area contributed by atoms with Gasteiger partial charge in [-0.1, -0.05) is 29.5 Å². The van der Waals surface area contributed by atoms with Gasteiger partial charge in [-0.2, -0.15) is 4.99 Å². The van der Waals surface area contributed by atoms with E-state index in [4.69, 9.17) is 9.47 Å². The number of hydrogen-bond donors (Lipinski definition) is 0. The van der Waals surface area contributed by atoms with Crippen LogP contribution in [0.1, 0.15) is 29.3 Å². The molecule has 4 aromatic rings. The van der Waals surface area contributed by atoms with Crippen LogP contribution in [-0.2, 0) is 23.0 Å². The highest BCUT2D eigenvalue weighted by Gasteiger charge is 2.29. The van der Waals surface area contributed by atoms with E-state index in [2.05, 4.69) is 4.99 Å². The average Bonchev–Trinajstić information content (AvgIpc) is 3.27. The zero-order valence-corrected chi connectivity index (χ0v) is 22.4. The maximum atomic E-state index is 13.4. The number of ether oxygens (including phenoxy) is 2. The molecule has 10 heteroatoms. The lowest BCUT2D eigenvalue weighted by molar-refractivity contribution is 0.0997. The number of thiazole rings is 1. The second kappa shape index (κ2) is 10.0. The van der Waals surface area contributed by atoms with E-state index in [1.54, 1.807) is 14.2 Å². The molecule has 1 amide bonds. The predicted octanol–water partition coefficient (Wildman–Crippen LogP) is 4.62. The van der Waals surface area contributed by atoms with Gasteiger partial charge in [0.1, 0.15) is 0 Å². The molecule has 0 saturated carbocycles. The highest BCUT2D eigenvalue weighted by molar-refractivity contribution is 7.92. The van der Waals surface area contributed by atoms with E-state index in [1.165, 1.54) is 39.9 Å². The number of fused-ring (bicyclic) bond motifs is 2. The first-order chi connectivity index (χ1) is 17.9. The van der Waals surface area contributed by atoms with Crippen molar-refractivity contribution in [2.45, 2.75) is 31.2 Å². The van der Waals surface area contributed by atoms with Crippen molar-refractivity contribution in [3.05, 3.63) is 76.6 Å². The summed E-state index contributed by atoms with van der Waals surface area (Å²) in [6, 6.07) is 17.3. The maximum absolute atomic E-state index is 13.4. The third-order valence-electron chi connectivity index (χ3n) is 6.46. The molecule has 3 aromatic carbocycles. The van der Waals surface area contributed by atoms with Gasteiger partial charge in [0.05, 0.1) is 35.0 Å². The minimum Gasteiger partial charge on any atom is -0.493 e. The zero-order valence-electron chi connectivity index (χ0n) is 20.8. The number of aromatic nitrogens is 1. The number of hydrogen-bond acceptors (Lipinski definition) is 6. The van der Waals surface area contributed by atoms with E-state index < -0.39 is 15.9 Å². The van der Waals surface area contributed by atoms with Gasteiger partial charge in [-0.05, 0) is 55.7 Å². The van der Waals surface area contributed by atoms with Crippen LogP contribution in [-0.4, -0.2) is 39.7 Å². The summed E-state index contributed by atoms with van der Waals surface area (Å²) in [6.45, 7) is 3.01. The molecule has 0 unspecified atom stereocenters. The largest absolute Gasteiger partial charge is 0.493 e. The molecule has 1 aliphatic heterocycles. The van der Waals surface area contributed by atoms with Crippen molar-refractivity contribution in [3.8, 4) is 11.5 Å². The number of para-hydroxylation sites is 1. The van der Waals surface area contributed by atoms with Crippen LogP contribution in [0.3, 0.4) is 0 Å². The fraction of sp³-hybridized carbons (Fsp3) is 0.259. The molecule has 1 aromatic heterocycles. The van der Waals surface area contributed by atoms with Crippen LogP contribution < -0.4 is 18.6 Å². The lowest BCUT2D eigenvalue weighted by atomic mass is 10.0. The minimum absolute atomic E-state index is 0.144. The Bertz CT molecular complexity index is 1650. The molecule has 0 aliphatic carbocycles. The Morgan fingerprint density at radius 3 is 2.43 bits per heavy atom. The molecule has 192 valence electrons. The number of carbonyl (C=O) groups is 1. The average molecular weight is 538 g/mol. The number of sulfonamides is 1. The van der Waals surface area contributed by atoms with Crippen LogP contribution >= 0.6 is 11.3 Å². The van der Waals surface area contributed by atoms with Gasteiger partial charge in [0.2, 0.25) is 0 Å². The molecular weight excluding hydrogens is 510 g/mol. The second-order valence-corrected chi connectivity index (χ2v) is 11.4. The summed E-state index contributed by atoms with van der Waals surface area (Å²) in [7, 11) is -0.597. The first-order valence-corrected chi connectivity index (χ1v) is 14.2. The van der Waals surface area contributed by atoms with E-state index in [1.807, 2.05) is 47.9 Å². The molecule has 8 nitrogen and oxygen atoms in total. The molecule has 0 atom stereocenters.